The molecule has 174 valence electrons. The highest BCUT2D eigenvalue weighted by Gasteiger charge is 2.15. The number of nitrogens with zero attached hydrogens (tertiary/aromatic N) is 3. The maximum absolute atomic E-state index is 12.8. The molecule has 2 heterocycles. The fraction of sp³-hybridized carbons (Fsp3) is 0.273. The summed E-state index contributed by atoms with van der Waals surface area (Å²) in [6.07, 6.45) is 1.39. The number of benzene rings is 1. The van der Waals surface area contributed by atoms with Crippen molar-refractivity contribution in [3.05, 3.63) is 87.2 Å². The van der Waals surface area contributed by atoms with Crippen LogP contribution < -0.4 is 21.1 Å². The molecule has 0 aliphatic heterocycles. The first kappa shape index (κ1) is 24.1. The van der Waals surface area contributed by atoms with Crippen LogP contribution in [0, 0.1) is 20.8 Å². The second-order valence-electron chi connectivity index (χ2n) is 7.59. The number of hydrogen-bond donors (Lipinski definition) is 3. The molecule has 0 bridgehead atoms. The van der Waals surface area contributed by atoms with Crippen molar-refractivity contribution < 1.29 is 13.2 Å². The Kier molecular flexibility index (Phi) is 7.56. The Labute approximate surface area is 192 Å². The van der Waals surface area contributed by atoms with Crippen molar-refractivity contribution in [2.24, 2.45) is 0 Å². The van der Waals surface area contributed by atoms with E-state index in [-0.39, 0.29) is 30.6 Å². The van der Waals surface area contributed by atoms with Crippen LogP contribution in [0.15, 0.2) is 53.5 Å². The van der Waals surface area contributed by atoms with E-state index >= 15 is 0 Å². The number of amides is 1. The molecule has 1 amide bonds. The van der Waals surface area contributed by atoms with E-state index in [1.807, 2.05) is 26.0 Å². The standard InChI is InChI=1S/C22H26N6O4S/c1-15-9-10-19(17(3)25-15)12-23-20(29)13-28-16(2)11-24-21(22(28)30)26-27-33(31,32)14-18-7-5-4-6-8-18/h4-11,27H,12-14H2,1-3H3,(H,23,29)(H,24,26). The predicted octanol–water partition coefficient (Wildman–Crippen LogP) is 1.33. The van der Waals surface area contributed by atoms with E-state index in [9.17, 15) is 18.0 Å². The lowest BCUT2D eigenvalue weighted by molar-refractivity contribution is -0.121. The number of hydrogen-bond acceptors (Lipinski definition) is 7. The van der Waals surface area contributed by atoms with Gasteiger partial charge in [-0.15, -0.1) is 4.83 Å². The Morgan fingerprint density at radius 1 is 1.06 bits per heavy atom. The lowest BCUT2D eigenvalue weighted by Crippen LogP contribution is -2.38. The summed E-state index contributed by atoms with van der Waals surface area (Å²) >= 11 is 0. The molecule has 3 N–H and O–H groups in total. The number of anilines is 1. The second kappa shape index (κ2) is 10.4. The Bertz CT molecular complexity index is 1310. The van der Waals surface area contributed by atoms with Gasteiger partial charge in [0.25, 0.3) is 5.56 Å². The van der Waals surface area contributed by atoms with Gasteiger partial charge < -0.3 is 5.32 Å². The van der Waals surface area contributed by atoms with E-state index in [1.165, 1.54) is 10.8 Å². The van der Waals surface area contributed by atoms with Crippen molar-refractivity contribution in [3.63, 3.8) is 0 Å². The topological polar surface area (TPSA) is 135 Å². The van der Waals surface area contributed by atoms with Gasteiger partial charge >= 0.3 is 0 Å². The predicted molar refractivity (Wildman–Crippen MR) is 125 cm³/mol. The van der Waals surface area contributed by atoms with Crippen LogP contribution in [0.5, 0.6) is 0 Å². The van der Waals surface area contributed by atoms with Crippen LogP contribution in [-0.4, -0.2) is 28.9 Å². The molecule has 2 aromatic heterocycles. The van der Waals surface area contributed by atoms with Gasteiger partial charge in [0.05, 0.1) is 5.75 Å². The molecule has 3 rings (SSSR count). The number of pyridine rings is 1. The molecule has 0 radical (unpaired) electrons. The quantitative estimate of drug-likeness (QED) is 0.402. The molecule has 0 fully saturated rings. The van der Waals surface area contributed by atoms with E-state index in [0.29, 0.717) is 11.3 Å². The van der Waals surface area contributed by atoms with Crippen molar-refractivity contribution in [1.82, 2.24) is 24.7 Å². The smallest absolute Gasteiger partial charge is 0.295 e. The van der Waals surface area contributed by atoms with Crippen molar-refractivity contribution >= 4 is 21.7 Å². The number of aromatic nitrogens is 3. The fourth-order valence-electron chi connectivity index (χ4n) is 3.10. The number of sulfonamides is 1. The van der Waals surface area contributed by atoms with Crippen molar-refractivity contribution in [2.75, 3.05) is 5.43 Å². The molecule has 1 aromatic carbocycles. The van der Waals surface area contributed by atoms with Gasteiger partial charge in [-0.2, -0.15) is 0 Å². The first-order valence-electron chi connectivity index (χ1n) is 10.2. The number of aryl methyl sites for hydroxylation is 3. The zero-order valence-electron chi connectivity index (χ0n) is 18.6. The Hall–Kier alpha value is -3.57. The summed E-state index contributed by atoms with van der Waals surface area (Å²) in [6, 6.07) is 12.4. The molecule has 0 saturated carbocycles. The van der Waals surface area contributed by atoms with Gasteiger partial charge in [0.15, 0.2) is 0 Å². The normalized spacial score (nSPS) is 11.2. The highest BCUT2D eigenvalue weighted by atomic mass is 32.2. The highest BCUT2D eigenvalue weighted by Crippen LogP contribution is 2.07. The first-order chi connectivity index (χ1) is 15.6. The van der Waals surface area contributed by atoms with Crippen LogP contribution in [0.25, 0.3) is 0 Å². The third kappa shape index (κ3) is 6.70. The molecular weight excluding hydrogens is 444 g/mol. The molecule has 0 atom stereocenters. The first-order valence-corrected chi connectivity index (χ1v) is 11.9. The summed E-state index contributed by atoms with van der Waals surface area (Å²) in [5.41, 5.74) is 5.38. The molecule has 0 spiro atoms. The molecule has 0 aliphatic carbocycles. The monoisotopic (exact) mass is 470 g/mol. The van der Waals surface area contributed by atoms with Gasteiger partial charge in [-0.25, -0.2) is 13.4 Å². The largest absolute Gasteiger partial charge is 0.350 e. The summed E-state index contributed by atoms with van der Waals surface area (Å²) in [4.78, 5) is 35.7. The molecule has 3 aromatic rings. The molecule has 33 heavy (non-hydrogen) atoms. The van der Waals surface area contributed by atoms with Gasteiger partial charge in [0.2, 0.25) is 21.7 Å². The summed E-state index contributed by atoms with van der Waals surface area (Å²) in [6.45, 7) is 5.43. The number of rotatable bonds is 9. The summed E-state index contributed by atoms with van der Waals surface area (Å²) in [5.74, 6) is -0.873. The molecule has 10 nitrogen and oxygen atoms in total. The van der Waals surface area contributed by atoms with Crippen LogP contribution in [0.3, 0.4) is 0 Å². The summed E-state index contributed by atoms with van der Waals surface area (Å²) < 4.78 is 25.8. The average Bonchev–Trinajstić information content (AvgIpc) is 2.76. The number of carbonyl (C=O) groups excluding carboxylic acids is 1. The van der Waals surface area contributed by atoms with Crippen LogP contribution in [0.1, 0.15) is 28.2 Å². The number of nitrogens with one attached hydrogen (secondary N) is 3. The second-order valence-corrected chi connectivity index (χ2v) is 9.31. The van der Waals surface area contributed by atoms with E-state index in [2.05, 4.69) is 25.5 Å². The lowest BCUT2D eigenvalue weighted by Gasteiger charge is -2.13. The molecular formula is C22H26N6O4S. The van der Waals surface area contributed by atoms with Gasteiger partial charge in [-0.3, -0.25) is 24.6 Å². The minimum atomic E-state index is -3.78. The minimum Gasteiger partial charge on any atom is -0.350 e. The SMILES string of the molecule is Cc1ccc(CNC(=O)Cn2c(C)cnc(NNS(=O)(=O)Cc3ccccc3)c2=O)c(C)n1. The maximum atomic E-state index is 12.8. The highest BCUT2D eigenvalue weighted by molar-refractivity contribution is 7.88. The van der Waals surface area contributed by atoms with Crippen molar-refractivity contribution in [3.8, 4) is 0 Å². The molecule has 0 saturated heterocycles. The third-order valence-corrected chi connectivity index (χ3v) is 6.02. The zero-order valence-corrected chi connectivity index (χ0v) is 19.4. The van der Waals surface area contributed by atoms with Gasteiger partial charge in [-0.1, -0.05) is 36.4 Å². The summed E-state index contributed by atoms with van der Waals surface area (Å²) in [5, 5.41) is 2.77. The Balaban J connectivity index is 1.65. The van der Waals surface area contributed by atoms with Gasteiger partial charge in [0.1, 0.15) is 6.54 Å². The average molecular weight is 471 g/mol. The number of carbonyl (C=O) groups is 1. The van der Waals surface area contributed by atoms with E-state index in [0.717, 1.165) is 17.0 Å². The van der Waals surface area contributed by atoms with E-state index in [1.54, 1.807) is 37.3 Å². The molecule has 0 unspecified atom stereocenters. The van der Waals surface area contributed by atoms with Gasteiger partial charge in [-0.05, 0) is 38.0 Å². The molecule has 0 aliphatic rings. The lowest BCUT2D eigenvalue weighted by atomic mass is 10.2. The maximum Gasteiger partial charge on any atom is 0.295 e. The van der Waals surface area contributed by atoms with Crippen LogP contribution >= 0.6 is 0 Å². The number of hydrazine groups is 1. The van der Waals surface area contributed by atoms with Gasteiger partial charge in [0, 0.05) is 29.8 Å². The Morgan fingerprint density at radius 3 is 2.48 bits per heavy atom. The van der Waals surface area contributed by atoms with Crippen molar-refractivity contribution in [2.45, 2.75) is 39.6 Å². The van der Waals surface area contributed by atoms with Crippen LogP contribution in [0.2, 0.25) is 0 Å². The fourth-order valence-corrected chi connectivity index (χ4v) is 4.06. The van der Waals surface area contributed by atoms with E-state index in [4.69, 9.17) is 0 Å². The zero-order chi connectivity index (χ0) is 24.0. The minimum absolute atomic E-state index is 0.233. The van der Waals surface area contributed by atoms with Crippen LogP contribution in [0.4, 0.5) is 5.82 Å². The van der Waals surface area contributed by atoms with Crippen LogP contribution in [-0.2, 0) is 33.7 Å². The molecule has 11 heteroatoms. The van der Waals surface area contributed by atoms with E-state index < -0.39 is 15.6 Å². The summed E-state index contributed by atoms with van der Waals surface area (Å²) in [7, 11) is -3.78. The van der Waals surface area contributed by atoms with Crippen molar-refractivity contribution in [1.29, 1.82) is 0 Å². The Morgan fingerprint density at radius 2 is 1.79 bits per heavy atom. The third-order valence-electron chi connectivity index (χ3n) is 4.89.